The summed E-state index contributed by atoms with van der Waals surface area (Å²) >= 11 is 0. The van der Waals surface area contributed by atoms with Gasteiger partial charge in [-0.25, -0.2) is 4.79 Å². The van der Waals surface area contributed by atoms with Gasteiger partial charge in [-0.05, 0) is 44.5 Å². The fourth-order valence-electron chi connectivity index (χ4n) is 4.04. The summed E-state index contributed by atoms with van der Waals surface area (Å²) in [4.78, 5) is 28.5. The monoisotopic (exact) mass is 436 g/mol. The minimum Gasteiger partial charge on any atom is -0.446 e. The van der Waals surface area contributed by atoms with Crippen molar-refractivity contribution in [2.45, 2.75) is 46.4 Å². The van der Waals surface area contributed by atoms with Crippen molar-refractivity contribution >= 4 is 23.4 Å². The number of ether oxygens (including phenoxy) is 1. The topological polar surface area (TPSA) is 85.5 Å². The van der Waals surface area contributed by atoms with Crippen LogP contribution in [-0.2, 0) is 23.1 Å². The molecule has 9 heteroatoms. The minimum atomic E-state index is -0.416. The predicted molar refractivity (Wildman–Crippen MR) is 122 cm³/mol. The van der Waals surface area contributed by atoms with Crippen molar-refractivity contribution in [2.75, 3.05) is 16.3 Å². The van der Waals surface area contributed by atoms with Gasteiger partial charge in [-0.1, -0.05) is 6.07 Å². The molecule has 0 spiro atoms. The summed E-state index contributed by atoms with van der Waals surface area (Å²) in [6.07, 6.45) is 4.86. The summed E-state index contributed by atoms with van der Waals surface area (Å²) in [5.41, 5.74) is 4.21. The van der Waals surface area contributed by atoms with E-state index < -0.39 is 6.09 Å². The number of anilines is 2. The Labute approximate surface area is 187 Å². The molecule has 2 amide bonds. The highest BCUT2D eigenvalue weighted by molar-refractivity contribution is 6.03. The lowest BCUT2D eigenvalue weighted by molar-refractivity contribution is -0.117. The first-order chi connectivity index (χ1) is 15.2. The molecular weight excluding hydrogens is 408 g/mol. The summed E-state index contributed by atoms with van der Waals surface area (Å²) < 4.78 is 9.13. The van der Waals surface area contributed by atoms with Crippen molar-refractivity contribution in [2.24, 2.45) is 7.05 Å². The number of carbonyl (C=O) groups excluding carboxylic acids is 2. The summed E-state index contributed by atoms with van der Waals surface area (Å²) in [5, 5.41) is 8.67. The van der Waals surface area contributed by atoms with E-state index in [2.05, 4.69) is 10.2 Å². The van der Waals surface area contributed by atoms with Crippen molar-refractivity contribution in [1.82, 2.24) is 19.6 Å². The van der Waals surface area contributed by atoms with Crippen LogP contribution in [0.15, 0.2) is 42.9 Å². The summed E-state index contributed by atoms with van der Waals surface area (Å²) in [6.45, 7) is 8.07. The molecule has 0 aliphatic carbocycles. The third-order valence-electron chi connectivity index (χ3n) is 5.52. The van der Waals surface area contributed by atoms with Gasteiger partial charge in [0, 0.05) is 38.5 Å². The lowest BCUT2D eigenvalue weighted by Crippen LogP contribution is -2.51. The number of nitrogens with zero attached hydrogens (tertiary/aromatic N) is 6. The average Bonchev–Trinajstić information content (AvgIpc) is 3.35. The zero-order valence-electron chi connectivity index (χ0n) is 19.0. The largest absolute Gasteiger partial charge is 0.446 e. The molecule has 0 saturated carbocycles. The van der Waals surface area contributed by atoms with E-state index in [0.717, 1.165) is 16.8 Å². The molecule has 3 heterocycles. The number of amides is 2. The van der Waals surface area contributed by atoms with Gasteiger partial charge in [0.1, 0.15) is 0 Å². The summed E-state index contributed by atoms with van der Waals surface area (Å²) in [7, 11) is 1.90. The van der Waals surface area contributed by atoms with Crippen LogP contribution >= 0.6 is 0 Å². The molecule has 0 saturated heterocycles. The van der Waals surface area contributed by atoms with Gasteiger partial charge in [0.25, 0.3) is 0 Å². The lowest BCUT2D eigenvalue weighted by Gasteiger charge is -2.40. The minimum absolute atomic E-state index is 0.0626. The second-order valence-electron chi connectivity index (χ2n) is 8.36. The second kappa shape index (κ2) is 8.49. The SMILES string of the molecule is CC(=O)N1c2ccc(-c3cnn(Cc4ccnn4C)c3)cc2N(C(=O)OC(C)C)C[C@@H]1C. The molecular formula is C23H28N6O3. The zero-order valence-corrected chi connectivity index (χ0v) is 19.0. The Morgan fingerprint density at radius 2 is 1.94 bits per heavy atom. The third-order valence-corrected chi connectivity index (χ3v) is 5.52. The smallest absolute Gasteiger partial charge is 0.414 e. The number of benzene rings is 1. The number of hydrogen-bond donors (Lipinski definition) is 0. The molecule has 1 aromatic carbocycles. The Balaban J connectivity index is 1.70. The van der Waals surface area contributed by atoms with Crippen LogP contribution in [0.5, 0.6) is 0 Å². The lowest BCUT2D eigenvalue weighted by atomic mass is 10.0. The maximum absolute atomic E-state index is 12.8. The van der Waals surface area contributed by atoms with Crippen LogP contribution in [0.2, 0.25) is 0 Å². The molecule has 0 fully saturated rings. The Kier molecular flexibility index (Phi) is 5.73. The van der Waals surface area contributed by atoms with E-state index in [1.54, 1.807) is 29.1 Å². The van der Waals surface area contributed by atoms with E-state index in [0.29, 0.717) is 24.5 Å². The maximum Gasteiger partial charge on any atom is 0.414 e. The van der Waals surface area contributed by atoms with Gasteiger partial charge in [0.05, 0.1) is 42.0 Å². The highest BCUT2D eigenvalue weighted by Crippen LogP contribution is 2.39. The van der Waals surface area contributed by atoms with Crippen LogP contribution in [0.25, 0.3) is 11.1 Å². The molecule has 9 nitrogen and oxygen atoms in total. The van der Waals surface area contributed by atoms with Crippen LogP contribution in [0.1, 0.15) is 33.4 Å². The molecule has 0 radical (unpaired) electrons. The van der Waals surface area contributed by atoms with Crippen LogP contribution in [0, 0.1) is 0 Å². The van der Waals surface area contributed by atoms with Gasteiger partial charge < -0.3 is 9.64 Å². The van der Waals surface area contributed by atoms with Crippen molar-refractivity contribution in [3.8, 4) is 11.1 Å². The highest BCUT2D eigenvalue weighted by atomic mass is 16.6. The molecule has 1 aliphatic rings. The number of fused-ring (bicyclic) bond motifs is 1. The van der Waals surface area contributed by atoms with E-state index in [9.17, 15) is 9.59 Å². The summed E-state index contributed by atoms with van der Waals surface area (Å²) in [6, 6.07) is 7.55. The first-order valence-corrected chi connectivity index (χ1v) is 10.7. The predicted octanol–water partition coefficient (Wildman–Crippen LogP) is 3.44. The van der Waals surface area contributed by atoms with Gasteiger partial charge in [-0.2, -0.15) is 10.2 Å². The first-order valence-electron chi connectivity index (χ1n) is 10.7. The number of aromatic nitrogens is 4. The molecule has 0 N–H and O–H groups in total. The normalized spacial score (nSPS) is 15.8. The Morgan fingerprint density at radius 1 is 1.16 bits per heavy atom. The fourth-order valence-corrected chi connectivity index (χ4v) is 4.04. The molecule has 32 heavy (non-hydrogen) atoms. The Bertz CT molecular complexity index is 1150. The van der Waals surface area contributed by atoms with E-state index >= 15 is 0 Å². The molecule has 0 unspecified atom stereocenters. The van der Waals surface area contributed by atoms with Crippen LogP contribution < -0.4 is 9.80 Å². The summed E-state index contributed by atoms with van der Waals surface area (Å²) in [5.74, 6) is -0.0626. The highest BCUT2D eigenvalue weighted by Gasteiger charge is 2.34. The standard InChI is InChI=1S/C23H28N6O3/c1-15(2)32-23(31)28-12-16(3)29(17(4)30)21-7-6-18(10-22(21)28)19-11-25-27(13-19)14-20-8-9-24-26(20)5/h6-11,13,15-16H,12,14H2,1-5H3/t16-/m0/s1. The Hall–Kier alpha value is -3.62. The van der Waals surface area contributed by atoms with Gasteiger partial charge in [0.2, 0.25) is 5.91 Å². The fraction of sp³-hybridized carbons (Fsp3) is 0.391. The van der Waals surface area contributed by atoms with Crippen LogP contribution in [-0.4, -0.2) is 50.3 Å². The molecule has 168 valence electrons. The van der Waals surface area contributed by atoms with E-state index in [1.807, 2.05) is 67.6 Å². The van der Waals surface area contributed by atoms with Crippen LogP contribution in [0.4, 0.5) is 16.2 Å². The van der Waals surface area contributed by atoms with E-state index in [-0.39, 0.29) is 18.1 Å². The van der Waals surface area contributed by atoms with Crippen molar-refractivity contribution < 1.29 is 14.3 Å². The van der Waals surface area contributed by atoms with Gasteiger partial charge >= 0.3 is 6.09 Å². The number of rotatable bonds is 4. The molecule has 2 aromatic heterocycles. The first kappa shape index (κ1) is 21.6. The quantitative estimate of drug-likeness (QED) is 0.625. The van der Waals surface area contributed by atoms with Gasteiger partial charge in [-0.15, -0.1) is 0 Å². The Morgan fingerprint density at radius 3 is 2.59 bits per heavy atom. The maximum atomic E-state index is 12.8. The van der Waals surface area contributed by atoms with E-state index in [4.69, 9.17) is 4.74 Å². The van der Waals surface area contributed by atoms with Crippen molar-refractivity contribution in [3.63, 3.8) is 0 Å². The van der Waals surface area contributed by atoms with Crippen LogP contribution in [0.3, 0.4) is 0 Å². The van der Waals surface area contributed by atoms with Gasteiger partial charge in [0.15, 0.2) is 0 Å². The second-order valence-corrected chi connectivity index (χ2v) is 8.36. The van der Waals surface area contributed by atoms with Crippen molar-refractivity contribution in [1.29, 1.82) is 0 Å². The third kappa shape index (κ3) is 4.10. The van der Waals surface area contributed by atoms with Crippen molar-refractivity contribution in [3.05, 3.63) is 48.5 Å². The molecule has 1 aliphatic heterocycles. The molecule has 0 bridgehead atoms. The number of carbonyl (C=O) groups is 2. The number of hydrogen-bond acceptors (Lipinski definition) is 5. The molecule has 4 rings (SSSR count). The average molecular weight is 437 g/mol. The number of aryl methyl sites for hydroxylation is 1. The molecule has 3 aromatic rings. The van der Waals surface area contributed by atoms with E-state index in [1.165, 1.54) is 0 Å². The molecule has 1 atom stereocenters. The van der Waals surface area contributed by atoms with Gasteiger partial charge in [-0.3, -0.25) is 19.1 Å². The zero-order chi connectivity index (χ0) is 23.0.